The molecule has 0 unspecified atom stereocenters. The van der Waals surface area contributed by atoms with Crippen LogP contribution >= 0.6 is 0 Å². The molecule has 0 radical (unpaired) electrons. The second kappa shape index (κ2) is 5.70. The highest BCUT2D eigenvalue weighted by Crippen LogP contribution is 2.30. The first-order chi connectivity index (χ1) is 9.11. The molecule has 19 heavy (non-hydrogen) atoms. The molecule has 0 saturated heterocycles. The molecule has 0 fully saturated rings. The van der Waals surface area contributed by atoms with Crippen LogP contribution in [-0.4, -0.2) is 6.29 Å². The van der Waals surface area contributed by atoms with Gasteiger partial charge < -0.3 is 4.74 Å². The number of ether oxygens (including phenoxy) is 1. The summed E-state index contributed by atoms with van der Waals surface area (Å²) >= 11 is 0. The average molecular weight is 254 g/mol. The van der Waals surface area contributed by atoms with Crippen LogP contribution in [0.4, 0.5) is 0 Å². The van der Waals surface area contributed by atoms with Crippen LogP contribution in [0.3, 0.4) is 0 Å². The number of carbonyl (C=O) groups excluding carboxylic acids is 1. The first-order valence-corrected chi connectivity index (χ1v) is 6.44. The summed E-state index contributed by atoms with van der Waals surface area (Å²) < 4.78 is 5.89. The number of aldehydes is 1. The largest absolute Gasteiger partial charge is 0.456 e. The van der Waals surface area contributed by atoms with E-state index in [9.17, 15) is 4.79 Å². The van der Waals surface area contributed by atoms with Gasteiger partial charge in [-0.1, -0.05) is 38.1 Å². The van der Waals surface area contributed by atoms with Gasteiger partial charge in [0.05, 0.1) is 5.56 Å². The maximum atomic E-state index is 11.0. The van der Waals surface area contributed by atoms with Crippen LogP contribution in [0.2, 0.25) is 0 Å². The molecule has 0 aromatic heterocycles. The highest BCUT2D eigenvalue weighted by molar-refractivity contribution is 5.79. The summed E-state index contributed by atoms with van der Waals surface area (Å²) in [6.07, 6.45) is 0.816. The van der Waals surface area contributed by atoms with Crippen LogP contribution in [0.15, 0.2) is 42.5 Å². The summed E-state index contributed by atoms with van der Waals surface area (Å²) in [5, 5.41) is 0. The maximum absolute atomic E-state index is 11.0. The van der Waals surface area contributed by atoms with Crippen LogP contribution in [0.1, 0.15) is 41.3 Å². The van der Waals surface area contributed by atoms with Crippen molar-refractivity contribution in [1.82, 2.24) is 0 Å². The highest BCUT2D eigenvalue weighted by Gasteiger charge is 2.08. The van der Waals surface area contributed by atoms with Gasteiger partial charge in [-0.15, -0.1) is 0 Å². The molecule has 2 aromatic carbocycles. The van der Waals surface area contributed by atoms with Gasteiger partial charge in [-0.25, -0.2) is 0 Å². The van der Waals surface area contributed by atoms with Crippen LogP contribution in [0.25, 0.3) is 0 Å². The molecule has 0 spiro atoms. The lowest BCUT2D eigenvalue weighted by atomic mass is 10.0. The Morgan fingerprint density at radius 1 is 1.05 bits per heavy atom. The van der Waals surface area contributed by atoms with Crippen molar-refractivity contribution in [2.24, 2.45) is 0 Å². The van der Waals surface area contributed by atoms with E-state index in [1.807, 2.05) is 37.3 Å². The Hall–Kier alpha value is -2.09. The van der Waals surface area contributed by atoms with Gasteiger partial charge in [0.25, 0.3) is 0 Å². The topological polar surface area (TPSA) is 26.3 Å². The summed E-state index contributed by atoms with van der Waals surface area (Å²) in [5.41, 5.74) is 2.85. The fourth-order valence-electron chi connectivity index (χ4n) is 1.88. The fourth-order valence-corrected chi connectivity index (χ4v) is 1.88. The Bertz CT molecular complexity index is 586. The van der Waals surface area contributed by atoms with E-state index in [0.29, 0.717) is 17.2 Å². The second-order valence-corrected chi connectivity index (χ2v) is 4.94. The van der Waals surface area contributed by atoms with E-state index >= 15 is 0 Å². The van der Waals surface area contributed by atoms with Crippen molar-refractivity contribution < 1.29 is 9.53 Å². The normalized spacial score (nSPS) is 10.5. The van der Waals surface area contributed by atoms with Crippen LogP contribution < -0.4 is 4.74 Å². The van der Waals surface area contributed by atoms with Crippen molar-refractivity contribution in [2.45, 2.75) is 26.7 Å². The molecule has 2 heteroatoms. The third-order valence-electron chi connectivity index (χ3n) is 3.14. The van der Waals surface area contributed by atoms with E-state index < -0.39 is 0 Å². The van der Waals surface area contributed by atoms with E-state index in [-0.39, 0.29) is 0 Å². The molecule has 0 aliphatic heterocycles. The lowest BCUT2D eigenvalue weighted by molar-refractivity contribution is 0.112. The number of hydrogen-bond acceptors (Lipinski definition) is 2. The highest BCUT2D eigenvalue weighted by atomic mass is 16.5. The number of benzene rings is 2. The molecule has 98 valence electrons. The van der Waals surface area contributed by atoms with Crippen molar-refractivity contribution >= 4 is 6.29 Å². The number of rotatable bonds is 4. The molecule has 0 heterocycles. The number of carbonyl (C=O) groups is 1. The van der Waals surface area contributed by atoms with Gasteiger partial charge in [-0.05, 0) is 42.2 Å². The van der Waals surface area contributed by atoms with Crippen molar-refractivity contribution in [3.05, 3.63) is 59.2 Å². The van der Waals surface area contributed by atoms with Crippen molar-refractivity contribution in [3.63, 3.8) is 0 Å². The number of aryl methyl sites for hydroxylation is 1. The third kappa shape index (κ3) is 3.02. The third-order valence-corrected chi connectivity index (χ3v) is 3.14. The monoisotopic (exact) mass is 254 g/mol. The first-order valence-electron chi connectivity index (χ1n) is 6.44. The van der Waals surface area contributed by atoms with Gasteiger partial charge in [0.2, 0.25) is 0 Å². The molecule has 0 aliphatic carbocycles. The van der Waals surface area contributed by atoms with Crippen molar-refractivity contribution in [2.75, 3.05) is 0 Å². The summed E-state index contributed by atoms with van der Waals surface area (Å²) in [6.45, 7) is 6.30. The summed E-state index contributed by atoms with van der Waals surface area (Å²) in [4.78, 5) is 11.0. The van der Waals surface area contributed by atoms with Gasteiger partial charge in [-0.3, -0.25) is 4.79 Å². The SMILES string of the molecule is Cc1ccc(C(C)C)cc1Oc1ccccc1C=O. The molecule has 0 saturated carbocycles. The second-order valence-electron chi connectivity index (χ2n) is 4.94. The smallest absolute Gasteiger partial charge is 0.153 e. The maximum Gasteiger partial charge on any atom is 0.153 e. The Morgan fingerprint density at radius 2 is 1.79 bits per heavy atom. The standard InChI is InChI=1S/C17H18O2/c1-12(2)14-9-8-13(3)17(10-14)19-16-7-5-4-6-15(16)11-18/h4-12H,1-3H3. The predicted molar refractivity (Wildman–Crippen MR) is 77.2 cm³/mol. The summed E-state index contributed by atoms with van der Waals surface area (Å²) in [5.74, 6) is 1.85. The quantitative estimate of drug-likeness (QED) is 0.738. The Labute approximate surface area is 114 Å². The minimum absolute atomic E-state index is 0.448. The predicted octanol–water partition coefficient (Wildman–Crippen LogP) is 4.72. The molecule has 0 aliphatic rings. The zero-order valence-corrected chi connectivity index (χ0v) is 11.5. The number of para-hydroxylation sites is 1. The zero-order chi connectivity index (χ0) is 13.8. The fraction of sp³-hybridized carbons (Fsp3) is 0.235. The minimum Gasteiger partial charge on any atom is -0.456 e. The molecule has 0 bridgehead atoms. The van der Waals surface area contributed by atoms with E-state index in [1.165, 1.54) is 5.56 Å². The van der Waals surface area contributed by atoms with E-state index in [2.05, 4.69) is 19.9 Å². The molecule has 2 rings (SSSR count). The van der Waals surface area contributed by atoms with Gasteiger partial charge >= 0.3 is 0 Å². The molecule has 2 nitrogen and oxygen atoms in total. The molecular formula is C17H18O2. The summed E-state index contributed by atoms with van der Waals surface area (Å²) in [7, 11) is 0. The molecule has 0 atom stereocenters. The van der Waals surface area contributed by atoms with Gasteiger partial charge in [0, 0.05) is 0 Å². The van der Waals surface area contributed by atoms with Crippen LogP contribution in [0, 0.1) is 6.92 Å². The van der Waals surface area contributed by atoms with E-state index in [1.54, 1.807) is 6.07 Å². The molecule has 2 aromatic rings. The Morgan fingerprint density at radius 3 is 2.47 bits per heavy atom. The molecule has 0 N–H and O–H groups in total. The van der Waals surface area contributed by atoms with Crippen molar-refractivity contribution in [3.8, 4) is 11.5 Å². The number of hydrogen-bond donors (Lipinski definition) is 0. The molecular weight excluding hydrogens is 236 g/mol. The van der Waals surface area contributed by atoms with Gasteiger partial charge in [-0.2, -0.15) is 0 Å². The first kappa shape index (κ1) is 13.3. The van der Waals surface area contributed by atoms with Crippen LogP contribution in [-0.2, 0) is 0 Å². The average Bonchev–Trinajstić information content (AvgIpc) is 2.41. The summed E-state index contributed by atoms with van der Waals surface area (Å²) in [6, 6.07) is 13.5. The Kier molecular flexibility index (Phi) is 4.00. The van der Waals surface area contributed by atoms with E-state index in [4.69, 9.17) is 4.74 Å². The minimum atomic E-state index is 0.448. The van der Waals surface area contributed by atoms with E-state index in [0.717, 1.165) is 17.6 Å². The van der Waals surface area contributed by atoms with Gasteiger partial charge in [0.15, 0.2) is 6.29 Å². The van der Waals surface area contributed by atoms with Crippen molar-refractivity contribution in [1.29, 1.82) is 0 Å². The van der Waals surface area contributed by atoms with Gasteiger partial charge in [0.1, 0.15) is 11.5 Å². The Balaban J connectivity index is 2.37. The lowest BCUT2D eigenvalue weighted by Crippen LogP contribution is -1.94. The lowest BCUT2D eigenvalue weighted by Gasteiger charge is -2.13. The van der Waals surface area contributed by atoms with Crippen LogP contribution in [0.5, 0.6) is 11.5 Å². The zero-order valence-electron chi connectivity index (χ0n) is 11.5. The molecule has 0 amide bonds.